The first-order valence-electron chi connectivity index (χ1n) is 7.16. The number of aliphatic carboxylic acids is 1. The fourth-order valence-electron chi connectivity index (χ4n) is 2.87. The zero-order valence-corrected chi connectivity index (χ0v) is 11.7. The molecule has 0 aromatic heterocycles. The van der Waals surface area contributed by atoms with E-state index in [4.69, 9.17) is 5.11 Å². The summed E-state index contributed by atoms with van der Waals surface area (Å²) in [7, 11) is 0. The Morgan fingerprint density at radius 1 is 1.10 bits per heavy atom. The van der Waals surface area contributed by atoms with Crippen LogP contribution in [-0.4, -0.2) is 35.0 Å². The highest BCUT2D eigenvalue weighted by Gasteiger charge is 2.28. The largest absolute Gasteiger partial charge is 0.481 e. The van der Waals surface area contributed by atoms with Crippen LogP contribution in [0.1, 0.15) is 23.2 Å². The van der Waals surface area contributed by atoms with E-state index >= 15 is 0 Å². The quantitative estimate of drug-likeness (QED) is 0.922. The Hall–Kier alpha value is -2.36. The third-order valence-corrected chi connectivity index (χ3v) is 4.05. The van der Waals surface area contributed by atoms with Crippen LogP contribution in [0.5, 0.6) is 0 Å². The van der Waals surface area contributed by atoms with Crippen LogP contribution in [-0.2, 0) is 4.79 Å². The molecule has 2 aromatic carbocycles. The third-order valence-electron chi connectivity index (χ3n) is 4.05. The molecule has 4 heteroatoms. The van der Waals surface area contributed by atoms with Crippen LogP contribution in [0, 0.1) is 5.92 Å². The smallest absolute Gasteiger partial charge is 0.308 e. The van der Waals surface area contributed by atoms with E-state index in [0.29, 0.717) is 25.1 Å². The van der Waals surface area contributed by atoms with Crippen molar-refractivity contribution in [3.8, 4) is 0 Å². The van der Waals surface area contributed by atoms with Crippen LogP contribution in [0.25, 0.3) is 10.8 Å². The Labute approximate surface area is 123 Å². The number of piperidine rings is 1. The van der Waals surface area contributed by atoms with Crippen molar-refractivity contribution in [2.75, 3.05) is 13.1 Å². The van der Waals surface area contributed by atoms with Crippen molar-refractivity contribution < 1.29 is 14.7 Å². The normalized spacial score (nSPS) is 18.7. The van der Waals surface area contributed by atoms with E-state index < -0.39 is 11.9 Å². The van der Waals surface area contributed by atoms with Gasteiger partial charge in [-0.05, 0) is 35.7 Å². The number of carboxylic acid groups (broad SMARTS) is 1. The number of rotatable bonds is 2. The molecule has 1 amide bonds. The number of hydrogen-bond donors (Lipinski definition) is 1. The van der Waals surface area contributed by atoms with E-state index in [2.05, 4.69) is 0 Å². The lowest BCUT2D eigenvalue weighted by atomic mass is 9.97. The number of amides is 1. The first-order chi connectivity index (χ1) is 10.1. The summed E-state index contributed by atoms with van der Waals surface area (Å²) < 4.78 is 0. The molecule has 1 fully saturated rings. The fourth-order valence-corrected chi connectivity index (χ4v) is 2.87. The maximum Gasteiger partial charge on any atom is 0.308 e. The number of fused-ring (bicyclic) bond motifs is 1. The van der Waals surface area contributed by atoms with Crippen LogP contribution in [0.4, 0.5) is 0 Å². The monoisotopic (exact) mass is 283 g/mol. The predicted molar refractivity (Wildman–Crippen MR) is 80.2 cm³/mol. The van der Waals surface area contributed by atoms with Crippen molar-refractivity contribution in [2.24, 2.45) is 5.92 Å². The second kappa shape index (κ2) is 5.56. The van der Waals surface area contributed by atoms with Gasteiger partial charge in [0, 0.05) is 18.7 Å². The van der Waals surface area contributed by atoms with Gasteiger partial charge in [-0.25, -0.2) is 0 Å². The van der Waals surface area contributed by atoms with Gasteiger partial charge >= 0.3 is 5.97 Å². The summed E-state index contributed by atoms with van der Waals surface area (Å²) in [6.07, 6.45) is 1.40. The Balaban J connectivity index is 1.84. The van der Waals surface area contributed by atoms with Gasteiger partial charge in [-0.1, -0.05) is 30.3 Å². The minimum atomic E-state index is -0.814. The molecule has 0 bridgehead atoms. The number of carbonyl (C=O) groups excluding carboxylic acids is 1. The highest BCUT2D eigenvalue weighted by atomic mass is 16.4. The van der Waals surface area contributed by atoms with Gasteiger partial charge in [0.1, 0.15) is 0 Å². The number of likely N-dealkylation sites (tertiary alicyclic amines) is 1. The first-order valence-corrected chi connectivity index (χ1v) is 7.16. The van der Waals surface area contributed by atoms with Crippen molar-refractivity contribution in [3.05, 3.63) is 48.0 Å². The van der Waals surface area contributed by atoms with E-state index in [9.17, 15) is 9.59 Å². The molecule has 0 saturated carbocycles. The van der Waals surface area contributed by atoms with Crippen molar-refractivity contribution in [3.63, 3.8) is 0 Å². The third kappa shape index (κ3) is 2.75. The second-order valence-electron chi connectivity index (χ2n) is 5.49. The number of carbonyl (C=O) groups is 2. The standard InChI is InChI=1S/C17H17NO3/c19-16(18-9-3-6-15(11-18)17(20)21)14-8-7-12-4-1-2-5-13(12)10-14/h1-2,4-5,7-8,10,15H,3,6,9,11H2,(H,20,21)/t15-/m0/s1. The molecule has 1 heterocycles. The summed E-state index contributed by atoms with van der Waals surface area (Å²) in [4.78, 5) is 25.3. The zero-order chi connectivity index (χ0) is 14.8. The van der Waals surface area contributed by atoms with E-state index in [1.807, 2.05) is 42.5 Å². The van der Waals surface area contributed by atoms with Crippen molar-refractivity contribution in [2.45, 2.75) is 12.8 Å². The van der Waals surface area contributed by atoms with Gasteiger partial charge < -0.3 is 10.0 Å². The molecule has 21 heavy (non-hydrogen) atoms. The summed E-state index contributed by atoms with van der Waals surface area (Å²) in [6.45, 7) is 0.941. The van der Waals surface area contributed by atoms with E-state index in [1.165, 1.54) is 0 Å². The van der Waals surface area contributed by atoms with Crippen molar-refractivity contribution >= 4 is 22.6 Å². The number of hydrogen-bond acceptors (Lipinski definition) is 2. The van der Waals surface area contributed by atoms with Gasteiger partial charge in [0.25, 0.3) is 5.91 Å². The van der Waals surface area contributed by atoms with Gasteiger partial charge in [-0.3, -0.25) is 9.59 Å². The van der Waals surface area contributed by atoms with Gasteiger partial charge in [0.2, 0.25) is 0 Å². The van der Waals surface area contributed by atoms with Gasteiger partial charge in [-0.2, -0.15) is 0 Å². The second-order valence-corrected chi connectivity index (χ2v) is 5.49. The Bertz CT molecular complexity index is 695. The molecule has 4 nitrogen and oxygen atoms in total. The molecule has 2 aromatic rings. The van der Waals surface area contributed by atoms with E-state index in [-0.39, 0.29) is 5.91 Å². The van der Waals surface area contributed by atoms with Crippen LogP contribution >= 0.6 is 0 Å². The molecule has 0 aliphatic carbocycles. The highest BCUT2D eigenvalue weighted by Crippen LogP contribution is 2.21. The molecule has 1 atom stereocenters. The number of carboxylic acids is 1. The van der Waals surface area contributed by atoms with Gasteiger partial charge in [0.15, 0.2) is 0 Å². The van der Waals surface area contributed by atoms with Crippen molar-refractivity contribution in [1.82, 2.24) is 4.90 Å². The topological polar surface area (TPSA) is 57.6 Å². The average molecular weight is 283 g/mol. The van der Waals surface area contributed by atoms with Crippen LogP contribution in [0.15, 0.2) is 42.5 Å². The Kier molecular flexibility index (Phi) is 3.60. The van der Waals surface area contributed by atoms with Gasteiger partial charge in [0.05, 0.1) is 5.92 Å². The summed E-state index contributed by atoms with van der Waals surface area (Å²) in [5, 5.41) is 11.2. The maximum absolute atomic E-state index is 12.5. The number of benzene rings is 2. The molecule has 1 aliphatic rings. The molecule has 3 rings (SSSR count). The lowest BCUT2D eigenvalue weighted by Gasteiger charge is -2.30. The lowest BCUT2D eigenvalue weighted by Crippen LogP contribution is -2.42. The molecule has 1 saturated heterocycles. The molecule has 108 valence electrons. The summed E-state index contributed by atoms with van der Waals surface area (Å²) >= 11 is 0. The molecular formula is C17H17NO3. The zero-order valence-electron chi connectivity index (χ0n) is 11.7. The molecule has 0 radical (unpaired) electrons. The minimum absolute atomic E-state index is 0.0771. The molecule has 1 aliphatic heterocycles. The lowest BCUT2D eigenvalue weighted by molar-refractivity contribution is -0.143. The summed E-state index contributed by atoms with van der Waals surface area (Å²) in [6, 6.07) is 13.5. The highest BCUT2D eigenvalue weighted by molar-refractivity contribution is 5.98. The summed E-state index contributed by atoms with van der Waals surface area (Å²) in [5.41, 5.74) is 0.625. The van der Waals surface area contributed by atoms with Crippen LogP contribution in [0.2, 0.25) is 0 Å². The molecule has 0 unspecified atom stereocenters. The Morgan fingerprint density at radius 2 is 1.86 bits per heavy atom. The summed E-state index contributed by atoms with van der Waals surface area (Å²) in [5.74, 6) is -1.33. The SMILES string of the molecule is O=C(O)[C@H]1CCCN(C(=O)c2ccc3ccccc3c2)C1. The first kappa shape index (κ1) is 13.6. The number of nitrogens with zero attached hydrogens (tertiary/aromatic N) is 1. The molecule has 1 N–H and O–H groups in total. The average Bonchev–Trinajstić information content (AvgIpc) is 2.53. The van der Waals surface area contributed by atoms with Crippen LogP contribution in [0.3, 0.4) is 0 Å². The fraction of sp³-hybridized carbons (Fsp3) is 0.294. The molecular weight excluding hydrogens is 266 g/mol. The predicted octanol–water partition coefficient (Wildman–Crippen LogP) is 2.78. The van der Waals surface area contributed by atoms with E-state index in [1.54, 1.807) is 4.90 Å². The maximum atomic E-state index is 12.5. The minimum Gasteiger partial charge on any atom is -0.481 e. The van der Waals surface area contributed by atoms with Crippen LogP contribution < -0.4 is 0 Å². The molecule has 0 spiro atoms. The van der Waals surface area contributed by atoms with Crippen molar-refractivity contribution in [1.29, 1.82) is 0 Å². The van der Waals surface area contributed by atoms with E-state index in [0.717, 1.165) is 17.2 Å². The van der Waals surface area contributed by atoms with Gasteiger partial charge in [-0.15, -0.1) is 0 Å². The Morgan fingerprint density at radius 3 is 2.62 bits per heavy atom.